The van der Waals surface area contributed by atoms with Crippen LogP contribution in [0, 0.1) is 18.8 Å². The van der Waals surface area contributed by atoms with Crippen molar-refractivity contribution in [3.63, 3.8) is 0 Å². The van der Waals surface area contributed by atoms with E-state index in [2.05, 4.69) is 16.6 Å². The predicted molar refractivity (Wildman–Crippen MR) is 80.6 cm³/mol. The van der Waals surface area contributed by atoms with Gasteiger partial charge in [-0.2, -0.15) is 12.7 Å². The largest absolute Gasteiger partial charge is 0.384 e. The molecule has 0 bridgehead atoms. The molecular formula is C14H20N2O3S. The van der Waals surface area contributed by atoms with Crippen molar-refractivity contribution in [2.45, 2.75) is 20.8 Å². The van der Waals surface area contributed by atoms with Crippen LogP contribution in [-0.2, 0) is 10.2 Å². The molecule has 0 atom stereocenters. The number of aliphatic hydroxyl groups is 1. The van der Waals surface area contributed by atoms with Crippen molar-refractivity contribution in [3.8, 4) is 11.8 Å². The molecule has 0 aliphatic heterocycles. The number of benzene rings is 1. The van der Waals surface area contributed by atoms with E-state index in [1.165, 1.54) is 4.31 Å². The second-order valence-electron chi connectivity index (χ2n) is 4.20. The first-order valence-electron chi connectivity index (χ1n) is 6.42. The lowest BCUT2D eigenvalue weighted by Gasteiger charge is -2.20. The smallest absolute Gasteiger partial charge is 0.301 e. The van der Waals surface area contributed by atoms with Gasteiger partial charge in [0, 0.05) is 18.7 Å². The average Bonchev–Trinajstić information content (AvgIpc) is 2.38. The summed E-state index contributed by atoms with van der Waals surface area (Å²) in [5.41, 5.74) is 1.90. The number of nitrogens with zero attached hydrogens (tertiary/aromatic N) is 1. The van der Waals surface area contributed by atoms with E-state index in [0.29, 0.717) is 24.3 Å². The molecule has 1 rings (SSSR count). The fourth-order valence-corrected chi connectivity index (χ4v) is 3.01. The summed E-state index contributed by atoms with van der Waals surface area (Å²) in [7, 11) is -3.59. The van der Waals surface area contributed by atoms with Crippen molar-refractivity contribution in [1.29, 1.82) is 0 Å². The number of hydrogen-bond acceptors (Lipinski definition) is 3. The highest BCUT2D eigenvalue weighted by molar-refractivity contribution is 7.90. The summed E-state index contributed by atoms with van der Waals surface area (Å²) in [5, 5.41) is 8.75. The van der Waals surface area contributed by atoms with Gasteiger partial charge in [-0.05, 0) is 24.6 Å². The molecule has 2 N–H and O–H groups in total. The molecule has 0 aliphatic rings. The molecule has 1 aromatic carbocycles. The van der Waals surface area contributed by atoms with Gasteiger partial charge in [-0.25, -0.2) is 0 Å². The SMILES string of the molecule is CCN(CC)S(=O)(=O)Nc1cc(C)ccc1C#CCO. The third kappa shape index (κ3) is 4.23. The Hall–Kier alpha value is -1.55. The van der Waals surface area contributed by atoms with Gasteiger partial charge >= 0.3 is 10.2 Å². The van der Waals surface area contributed by atoms with Crippen molar-refractivity contribution < 1.29 is 13.5 Å². The molecular weight excluding hydrogens is 276 g/mol. The number of anilines is 1. The summed E-state index contributed by atoms with van der Waals surface area (Å²) in [5.74, 6) is 5.27. The van der Waals surface area contributed by atoms with Crippen molar-refractivity contribution in [2.75, 3.05) is 24.4 Å². The van der Waals surface area contributed by atoms with Gasteiger partial charge in [-0.15, -0.1) is 0 Å². The Labute approximate surface area is 120 Å². The Morgan fingerprint density at radius 1 is 1.30 bits per heavy atom. The molecule has 0 radical (unpaired) electrons. The summed E-state index contributed by atoms with van der Waals surface area (Å²) in [4.78, 5) is 0. The second-order valence-corrected chi connectivity index (χ2v) is 5.87. The lowest BCUT2D eigenvalue weighted by atomic mass is 10.1. The molecule has 0 saturated carbocycles. The number of aliphatic hydroxyl groups excluding tert-OH is 1. The number of rotatable bonds is 5. The van der Waals surface area contributed by atoms with Crippen LogP contribution in [0.4, 0.5) is 5.69 Å². The summed E-state index contributed by atoms with van der Waals surface area (Å²) >= 11 is 0. The topological polar surface area (TPSA) is 69.6 Å². The Balaban J connectivity index is 3.16. The van der Waals surface area contributed by atoms with Crippen LogP contribution in [0.1, 0.15) is 25.0 Å². The summed E-state index contributed by atoms with van der Waals surface area (Å²) in [6, 6.07) is 5.30. The molecule has 0 spiro atoms. The molecule has 20 heavy (non-hydrogen) atoms. The van der Waals surface area contributed by atoms with Gasteiger partial charge in [0.1, 0.15) is 6.61 Å². The normalized spacial score (nSPS) is 11.1. The maximum absolute atomic E-state index is 12.2. The van der Waals surface area contributed by atoms with Crippen LogP contribution in [0.2, 0.25) is 0 Å². The molecule has 0 amide bonds. The third-order valence-electron chi connectivity index (χ3n) is 2.76. The number of hydrogen-bond donors (Lipinski definition) is 2. The summed E-state index contributed by atoms with van der Waals surface area (Å²) < 4.78 is 28.3. The summed E-state index contributed by atoms with van der Waals surface area (Å²) in [6.45, 7) is 5.97. The van der Waals surface area contributed by atoms with E-state index in [9.17, 15) is 8.42 Å². The highest BCUT2D eigenvalue weighted by Gasteiger charge is 2.19. The highest BCUT2D eigenvalue weighted by atomic mass is 32.2. The zero-order chi connectivity index (χ0) is 15.2. The van der Waals surface area contributed by atoms with Crippen LogP contribution >= 0.6 is 0 Å². The molecule has 0 aromatic heterocycles. The second kappa shape index (κ2) is 7.29. The van der Waals surface area contributed by atoms with Crippen molar-refractivity contribution >= 4 is 15.9 Å². The monoisotopic (exact) mass is 296 g/mol. The fourth-order valence-electron chi connectivity index (χ4n) is 1.75. The van der Waals surface area contributed by atoms with E-state index < -0.39 is 10.2 Å². The number of nitrogens with one attached hydrogen (secondary N) is 1. The molecule has 0 unspecified atom stereocenters. The van der Waals surface area contributed by atoms with Crippen molar-refractivity contribution in [3.05, 3.63) is 29.3 Å². The van der Waals surface area contributed by atoms with Crippen LogP contribution in [0.15, 0.2) is 18.2 Å². The van der Waals surface area contributed by atoms with E-state index in [4.69, 9.17) is 5.11 Å². The molecule has 0 heterocycles. The van der Waals surface area contributed by atoms with Gasteiger partial charge in [-0.3, -0.25) is 4.72 Å². The van der Waals surface area contributed by atoms with Crippen LogP contribution in [0.3, 0.4) is 0 Å². The highest BCUT2D eigenvalue weighted by Crippen LogP contribution is 2.19. The number of aryl methyl sites for hydroxylation is 1. The first-order chi connectivity index (χ1) is 9.44. The Morgan fingerprint density at radius 3 is 2.50 bits per heavy atom. The molecule has 1 aromatic rings. The van der Waals surface area contributed by atoms with Gasteiger partial charge in [0.25, 0.3) is 0 Å². The molecule has 6 heteroatoms. The van der Waals surface area contributed by atoms with E-state index in [0.717, 1.165) is 5.56 Å². The maximum Gasteiger partial charge on any atom is 0.301 e. The minimum absolute atomic E-state index is 0.268. The molecule has 5 nitrogen and oxygen atoms in total. The van der Waals surface area contributed by atoms with Gasteiger partial charge in [0.15, 0.2) is 0 Å². The van der Waals surface area contributed by atoms with Crippen LogP contribution in [0.5, 0.6) is 0 Å². The Kier molecular flexibility index (Phi) is 6.02. The van der Waals surface area contributed by atoms with Gasteiger partial charge in [0.05, 0.1) is 5.69 Å². The molecule has 0 saturated heterocycles. The van der Waals surface area contributed by atoms with Gasteiger partial charge in [-0.1, -0.05) is 31.8 Å². The van der Waals surface area contributed by atoms with Gasteiger partial charge < -0.3 is 5.11 Å². The first kappa shape index (κ1) is 16.5. The average molecular weight is 296 g/mol. The first-order valence-corrected chi connectivity index (χ1v) is 7.86. The fraction of sp³-hybridized carbons (Fsp3) is 0.429. The molecule has 110 valence electrons. The predicted octanol–water partition coefficient (Wildman–Crippen LogP) is 1.34. The van der Waals surface area contributed by atoms with Crippen molar-refractivity contribution in [1.82, 2.24) is 4.31 Å². The third-order valence-corrected chi connectivity index (χ3v) is 4.44. The van der Waals surface area contributed by atoms with Gasteiger partial charge in [0.2, 0.25) is 0 Å². The van der Waals surface area contributed by atoms with E-state index in [1.807, 2.05) is 13.0 Å². The van der Waals surface area contributed by atoms with Crippen LogP contribution in [-0.4, -0.2) is 37.5 Å². The van der Waals surface area contributed by atoms with Crippen LogP contribution in [0.25, 0.3) is 0 Å². The lowest BCUT2D eigenvalue weighted by Crippen LogP contribution is -2.35. The summed E-state index contributed by atoms with van der Waals surface area (Å²) in [6.07, 6.45) is 0. The molecule has 0 aliphatic carbocycles. The van der Waals surface area contributed by atoms with Crippen molar-refractivity contribution in [2.24, 2.45) is 0 Å². The lowest BCUT2D eigenvalue weighted by molar-refractivity contribution is 0.350. The van der Waals surface area contributed by atoms with E-state index >= 15 is 0 Å². The Morgan fingerprint density at radius 2 is 1.95 bits per heavy atom. The van der Waals surface area contributed by atoms with Crippen LogP contribution < -0.4 is 4.72 Å². The zero-order valence-corrected chi connectivity index (χ0v) is 12.8. The standard InChI is InChI=1S/C14H20N2O3S/c1-4-16(5-2)20(18,19)15-14-11-12(3)8-9-13(14)7-6-10-17/h8-9,11,15,17H,4-5,10H2,1-3H3. The zero-order valence-electron chi connectivity index (χ0n) is 12.0. The molecule has 0 fully saturated rings. The minimum Gasteiger partial charge on any atom is -0.384 e. The minimum atomic E-state index is -3.59. The Bertz CT molecular complexity index is 611. The maximum atomic E-state index is 12.2. The van der Waals surface area contributed by atoms with E-state index in [1.54, 1.807) is 26.0 Å². The quantitative estimate of drug-likeness (QED) is 0.806. The van der Waals surface area contributed by atoms with E-state index in [-0.39, 0.29) is 6.61 Å².